The summed E-state index contributed by atoms with van der Waals surface area (Å²) in [5.74, 6) is 0.151. The number of aromatic nitrogens is 4. The molecule has 0 saturated heterocycles. The molecular weight excluding hydrogens is 713 g/mol. The van der Waals surface area contributed by atoms with Crippen LogP contribution in [0.15, 0.2) is 67.3 Å². The Labute approximate surface area is 315 Å². The van der Waals surface area contributed by atoms with Gasteiger partial charge in [-0.25, -0.2) is 24.8 Å². The summed E-state index contributed by atoms with van der Waals surface area (Å²) in [6.45, 7) is 7.17. The Balaban J connectivity index is 1.26. The van der Waals surface area contributed by atoms with Crippen molar-refractivity contribution < 1.29 is 37.7 Å². The third kappa shape index (κ3) is 11.8. The molecule has 16 heteroatoms. The van der Waals surface area contributed by atoms with E-state index >= 15 is 0 Å². The van der Waals surface area contributed by atoms with Crippen molar-refractivity contribution >= 4 is 42.3 Å². The van der Waals surface area contributed by atoms with Crippen LogP contribution in [-0.2, 0) is 47.9 Å². The number of carbonyl (C=O) groups is 3. The molecule has 0 aliphatic heterocycles. The van der Waals surface area contributed by atoms with Crippen LogP contribution < -0.4 is 20.7 Å². The molecule has 290 valence electrons. The van der Waals surface area contributed by atoms with Gasteiger partial charge in [0, 0.05) is 6.42 Å². The number of ketones is 1. The van der Waals surface area contributed by atoms with Crippen LogP contribution in [0.4, 0.5) is 10.6 Å². The lowest BCUT2D eigenvalue weighted by atomic mass is 9.94. The number of esters is 1. The first-order valence-electron chi connectivity index (χ1n) is 18.3. The molecule has 4 N–H and O–H groups in total. The number of benzene rings is 2. The van der Waals surface area contributed by atoms with Crippen molar-refractivity contribution in [1.29, 1.82) is 0 Å². The fraction of sp³-hybridized carbons (Fsp3) is 0.474. The quantitative estimate of drug-likeness (QED) is 0.0748. The summed E-state index contributed by atoms with van der Waals surface area (Å²) in [6.07, 6.45) is 5.82. The van der Waals surface area contributed by atoms with Gasteiger partial charge in [-0.15, -0.1) is 0 Å². The topological polar surface area (TPSA) is 199 Å². The lowest BCUT2D eigenvalue weighted by molar-refractivity contribution is -0.149. The highest BCUT2D eigenvalue weighted by molar-refractivity contribution is 7.57. The zero-order valence-electron chi connectivity index (χ0n) is 31.2. The lowest BCUT2D eigenvalue weighted by Crippen LogP contribution is -2.43. The van der Waals surface area contributed by atoms with E-state index in [1.165, 1.54) is 13.3 Å². The van der Waals surface area contributed by atoms with Gasteiger partial charge < -0.3 is 34.4 Å². The number of anilines is 1. The van der Waals surface area contributed by atoms with Gasteiger partial charge in [0.2, 0.25) is 0 Å². The van der Waals surface area contributed by atoms with Crippen LogP contribution in [0.5, 0.6) is 5.75 Å². The number of fused-ring (bicyclic) bond motifs is 1. The lowest BCUT2D eigenvalue weighted by Gasteiger charge is -2.25. The Hall–Kier alpha value is -4.85. The summed E-state index contributed by atoms with van der Waals surface area (Å²) < 4.78 is 38.9. The molecule has 54 heavy (non-hydrogen) atoms. The first kappa shape index (κ1) is 40.3. The number of hydrogen-bond donors (Lipinski definition) is 3. The summed E-state index contributed by atoms with van der Waals surface area (Å²) in [7, 11) is -3.89. The fourth-order valence-electron chi connectivity index (χ4n) is 6.25. The van der Waals surface area contributed by atoms with Crippen LogP contribution in [0.2, 0.25) is 0 Å². The number of nitrogens with one attached hydrogen (secondary N) is 2. The van der Waals surface area contributed by atoms with Crippen LogP contribution in [0.3, 0.4) is 0 Å². The number of nitrogens with two attached hydrogens (primary N) is 1. The van der Waals surface area contributed by atoms with Crippen molar-refractivity contribution in [1.82, 2.24) is 29.9 Å². The number of amides is 1. The molecule has 1 aliphatic carbocycles. The molecule has 15 nitrogen and oxygen atoms in total. The van der Waals surface area contributed by atoms with E-state index in [1.807, 2.05) is 30.3 Å². The van der Waals surface area contributed by atoms with Crippen LogP contribution >= 0.6 is 7.52 Å². The third-order valence-corrected chi connectivity index (χ3v) is 10.8. The number of nitrogen functional groups attached to an aromatic ring is 1. The van der Waals surface area contributed by atoms with Gasteiger partial charge in [-0.2, -0.15) is 0 Å². The maximum absolute atomic E-state index is 14.3. The van der Waals surface area contributed by atoms with E-state index in [9.17, 15) is 18.9 Å². The molecule has 1 unspecified atom stereocenters. The smallest absolute Gasteiger partial charge is 0.408 e. The zero-order valence-corrected chi connectivity index (χ0v) is 32.1. The zero-order chi connectivity index (χ0) is 38.7. The molecule has 2 heterocycles. The molecular formula is C38H50N7O8P. The summed E-state index contributed by atoms with van der Waals surface area (Å²) in [6, 6.07) is 14.3. The molecule has 0 spiro atoms. The number of rotatable bonds is 19. The number of Topliss-reactive ketones (excluding diaryl/α,β-unsaturated/α-hetero) is 1. The summed E-state index contributed by atoms with van der Waals surface area (Å²) in [4.78, 5) is 51.5. The highest BCUT2D eigenvalue weighted by Crippen LogP contribution is 2.44. The Morgan fingerprint density at radius 1 is 0.963 bits per heavy atom. The minimum absolute atomic E-state index is 0.0549. The Morgan fingerprint density at radius 3 is 2.39 bits per heavy atom. The second kappa shape index (κ2) is 19.0. The number of nitrogens with zero attached hydrogens (tertiary/aromatic N) is 4. The average molecular weight is 764 g/mol. The van der Waals surface area contributed by atoms with Gasteiger partial charge in [-0.3, -0.25) is 14.2 Å². The monoisotopic (exact) mass is 763 g/mol. The van der Waals surface area contributed by atoms with E-state index in [-0.39, 0.29) is 42.8 Å². The molecule has 1 aliphatic rings. The number of alkyl carbamates (subject to hydrolysis) is 1. The molecule has 1 fully saturated rings. The second-order valence-electron chi connectivity index (χ2n) is 14.0. The normalized spacial score (nSPS) is 16.0. The fourth-order valence-corrected chi connectivity index (χ4v) is 8.03. The van der Waals surface area contributed by atoms with E-state index in [0.717, 1.165) is 36.8 Å². The number of ether oxygens (including phenoxy) is 3. The van der Waals surface area contributed by atoms with Gasteiger partial charge in [0.15, 0.2) is 17.2 Å². The van der Waals surface area contributed by atoms with Gasteiger partial charge in [0.05, 0.1) is 31.1 Å². The first-order valence-corrected chi connectivity index (χ1v) is 20.1. The molecule has 4 aromatic rings. The van der Waals surface area contributed by atoms with E-state index < -0.39 is 37.8 Å². The van der Waals surface area contributed by atoms with Crippen LogP contribution in [0, 0.1) is 5.92 Å². The molecule has 1 amide bonds. The SMILES string of the molecule is CC(C)OC(=O)[C@H](C)NP(=O)(CO[C@H](C)Cn1cnc2c(N)ncnc21)Oc1ccc(C[C@H](NC(=O)OCc2ccccc2)C(=O)CC2CCCC2)cc1. The maximum Gasteiger partial charge on any atom is 0.408 e. The van der Waals surface area contributed by atoms with Gasteiger partial charge in [-0.05, 0) is 63.3 Å². The Kier molecular flexibility index (Phi) is 14.2. The summed E-state index contributed by atoms with van der Waals surface area (Å²) in [5, 5.41) is 5.60. The minimum atomic E-state index is -3.89. The van der Waals surface area contributed by atoms with Crippen LogP contribution in [0.25, 0.3) is 11.2 Å². The molecule has 2 aromatic heterocycles. The Morgan fingerprint density at radius 2 is 1.69 bits per heavy atom. The molecule has 4 atom stereocenters. The van der Waals surface area contributed by atoms with E-state index in [1.54, 1.807) is 55.9 Å². The highest BCUT2D eigenvalue weighted by atomic mass is 31.2. The summed E-state index contributed by atoms with van der Waals surface area (Å²) >= 11 is 0. The van der Waals surface area contributed by atoms with E-state index in [2.05, 4.69) is 25.4 Å². The molecule has 0 bridgehead atoms. The van der Waals surface area contributed by atoms with Gasteiger partial charge in [-0.1, -0.05) is 68.1 Å². The number of hydrogen-bond acceptors (Lipinski definition) is 12. The molecule has 1 saturated carbocycles. The third-order valence-electron chi connectivity index (χ3n) is 8.98. The van der Waals surface area contributed by atoms with Crippen molar-refractivity contribution in [2.45, 2.75) is 104 Å². The standard InChI is InChI=1S/C38H50N7O8P/c1-25(2)52-37(47)27(4)44-54(49,24-51-26(3)20-45-23-42-34-35(39)40-22-41-36(34)45)53-31-16-14-29(15-17-31)18-32(33(46)19-28-10-8-9-11-28)43-38(48)50-21-30-12-6-5-7-13-30/h5-7,12-17,22-23,25-28,32H,8-11,18-21,24H2,1-4H3,(H,43,48)(H,44,49)(H2,39,40,41)/t26-,27+,32+,54?/m1/s1. The van der Waals surface area contributed by atoms with Crippen molar-refractivity contribution in [2.75, 3.05) is 12.1 Å². The number of carbonyl (C=O) groups excluding carboxylic acids is 3. The molecule has 0 radical (unpaired) electrons. The first-order chi connectivity index (χ1) is 25.9. The minimum Gasteiger partial charge on any atom is -0.462 e. The molecule has 5 rings (SSSR count). The van der Waals surface area contributed by atoms with Gasteiger partial charge >= 0.3 is 19.6 Å². The van der Waals surface area contributed by atoms with Crippen molar-refractivity contribution in [2.24, 2.45) is 5.92 Å². The van der Waals surface area contributed by atoms with Crippen LogP contribution in [0.1, 0.15) is 70.9 Å². The van der Waals surface area contributed by atoms with E-state index in [0.29, 0.717) is 30.0 Å². The van der Waals surface area contributed by atoms with Gasteiger partial charge in [0.25, 0.3) is 0 Å². The van der Waals surface area contributed by atoms with Gasteiger partial charge in [0.1, 0.15) is 36.6 Å². The number of imidazole rings is 1. The van der Waals surface area contributed by atoms with Crippen molar-refractivity contribution in [3.05, 3.63) is 78.4 Å². The predicted octanol–water partition coefficient (Wildman–Crippen LogP) is 5.96. The maximum atomic E-state index is 14.3. The van der Waals surface area contributed by atoms with Crippen LogP contribution in [-0.4, -0.2) is 68.0 Å². The van der Waals surface area contributed by atoms with Crippen molar-refractivity contribution in [3.8, 4) is 5.75 Å². The average Bonchev–Trinajstić information content (AvgIpc) is 3.81. The molecule has 2 aromatic carbocycles. The van der Waals surface area contributed by atoms with E-state index in [4.69, 9.17) is 24.5 Å². The largest absolute Gasteiger partial charge is 0.462 e. The second-order valence-corrected chi connectivity index (χ2v) is 16.0. The predicted molar refractivity (Wildman–Crippen MR) is 202 cm³/mol. The van der Waals surface area contributed by atoms with Crippen molar-refractivity contribution in [3.63, 3.8) is 0 Å². The summed E-state index contributed by atoms with van der Waals surface area (Å²) in [5.41, 5.74) is 8.49. The highest BCUT2D eigenvalue weighted by Gasteiger charge is 2.32. The Bertz CT molecular complexity index is 1900.